The number of alkyl halides is 3. The summed E-state index contributed by atoms with van der Waals surface area (Å²) in [6, 6.07) is 3.38. The van der Waals surface area contributed by atoms with Crippen LogP contribution >= 0.6 is 0 Å². The van der Waals surface area contributed by atoms with Crippen molar-refractivity contribution in [3.63, 3.8) is 0 Å². The SMILES string of the molecule is COC(=O)Nc1cc(C(F)(F)F)ccc1N1CCCCC1. The van der Waals surface area contributed by atoms with E-state index >= 15 is 0 Å². The van der Waals surface area contributed by atoms with Crippen LogP contribution in [0.1, 0.15) is 24.8 Å². The lowest BCUT2D eigenvalue weighted by Gasteiger charge is -2.30. The van der Waals surface area contributed by atoms with Gasteiger partial charge in [-0.05, 0) is 37.5 Å². The summed E-state index contributed by atoms with van der Waals surface area (Å²) in [4.78, 5) is 13.3. The number of hydrogen-bond donors (Lipinski definition) is 1. The van der Waals surface area contributed by atoms with Crippen molar-refractivity contribution in [3.8, 4) is 0 Å². The number of carbonyl (C=O) groups is 1. The highest BCUT2D eigenvalue weighted by Gasteiger charge is 2.31. The molecule has 1 aliphatic heterocycles. The molecule has 1 saturated heterocycles. The van der Waals surface area contributed by atoms with Gasteiger partial charge in [-0.3, -0.25) is 5.32 Å². The van der Waals surface area contributed by atoms with Crippen LogP contribution in [-0.4, -0.2) is 26.3 Å². The first-order valence-corrected chi connectivity index (χ1v) is 6.73. The van der Waals surface area contributed by atoms with E-state index in [4.69, 9.17) is 0 Å². The number of ether oxygens (including phenoxy) is 1. The van der Waals surface area contributed by atoms with Crippen molar-refractivity contribution in [2.45, 2.75) is 25.4 Å². The molecule has 1 aromatic carbocycles. The molecule has 116 valence electrons. The van der Waals surface area contributed by atoms with Crippen molar-refractivity contribution >= 4 is 17.5 Å². The fraction of sp³-hybridized carbons (Fsp3) is 0.500. The summed E-state index contributed by atoms with van der Waals surface area (Å²) in [5.41, 5.74) is -0.0821. The molecule has 1 aliphatic rings. The second-order valence-corrected chi connectivity index (χ2v) is 4.89. The average molecular weight is 302 g/mol. The molecule has 1 N–H and O–H groups in total. The maximum atomic E-state index is 12.8. The monoisotopic (exact) mass is 302 g/mol. The minimum Gasteiger partial charge on any atom is -0.453 e. The molecule has 0 saturated carbocycles. The number of hydrogen-bond acceptors (Lipinski definition) is 3. The lowest BCUT2D eigenvalue weighted by atomic mass is 10.1. The third-order valence-corrected chi connectivity index (χ3v) is 3.44. The molecular formula is C14H17F3N2O2. The standard InChI is InChI=1S/C14H17F3N2O2/c1-21-13(20)18-11-9-10(14(15,16)17)5-6-12(11)19-7-3-2-4-8-19/h5-6,9H,2-4,7-8H2,1H3,(H,18,20). The molecule has 2 rings (SSSR count). The molecule has 0 unspecified atom stereocenters. The van der Waals surface area contributed by atoms with Gasteiger partial charge in [-0.25, -0.2) is 4.79 Å². The van der Waals surface area contributed by atoms with E-state index in [1.54, 1.807) is 0 Å². The number of methoxy groups -OCH3 is 1. The van der Waals surface area contributed by atoms with E-state index in [0.717, 1.165) is 44.5 Å². The number of benzene rings is 1. The molecule has 0 atom stereocenters. The third-order valence-electron chi connectivity index (χ3n) is 3.44. The quantitative estimate of drug-likeness (QED) is 0.901. The van der Waals surface area contributed by atoms with Crippen LogP contribution in [0.3, 0.4) is 0 Å². The summed E-state index contributed by atoms with van der Waals surface area (Å²) in [5.74, 6) is 0. The Bertz CT molecular complexity index is 511. The van der Waals surface area contributed by atoms with E-state index in [0.29, 0.717) is 5.69 Å². The topological polar surface area (TPSA) is 41.6 Å². The van der Waals surface area contributed by atoms with Crippen LogP contribution in [0.5, 0.6) is 0 Å². The minimum absolute atomic E-state index is 0.124. The maximum absolute atomic E-state index is 12.8. The lowest BCUT2D eigenvalue weighted by Crippen LogP contribution is -2.30. The summed E-state index contributed by atoms with van der Waals surface area (Å²) in [7, 11) is 1.17. The van der Waals surface area contributed by atoms with Crippen LogP contribution in [0.2, 0.25) is 0 Å². The van der Waals surface area contributed by atoms with E-state index in [-0.39, 0.29) is 5.69 Å². The molecule has 4 nitrogen and oxygen atoms in total. The summed E-state index contributed by atoms with van der Waals surface area (Å²) in [5, 5.41) is 2.37. The Labute approximate surface area is 120 Å². The summed E-state index contributed by atoms with van der Waals surface area (Å²) in [6.07, 6.45) is -2.16. The van der Waals surface area contributed by atoms with Gasteiger partial charge in [0.25, 0.3) is 0 Å². The Hall–Kier alpha value is -1.92. The van der Waals surface area contributed by atoms with Crippen LogP contribution in [0, 0.1) is 0 Å². The zero-order chi connectivity index (χ0) is 15.5. The van der Waals surface area contributed by atoms with Crippen molar-refractivity contribution in [2.24, 2.45) is 0 Å². The minimum atomic E-state index is -4.45. The van der Waals surface area contributed by atoms with E-state index in [9.17, 15) is 18.0 Å². The van der Waals surface area contributed by atoms with Crippen LogP contribution in [0.15, 0.2) is 18.2 Å². The first-order chi connectivity index (χ1) is 9.91. The second kappa shape index (κ2) is 6.24. The predicted octanol–water partition coefficient (Wildman–Crippen LogP) is 3.87. The molecule has 0 spiro atoms. The fourth-order valence-corrected chi connectivity index (χ4v) is 2.38. The van der Waals surface area contributed by atoms with Crippen molar-refractivity contribution in [1.82, 2.24) is 0 Å². The van der Waals surface area contributed by atoms with Crippen LogP contribution < -0.4 is 10.2 Å². The highest BCUT2D eigenvalue weighted by molar-refractivity contribution is 5.90. The number of halogens is 3. The first kappa shape index (κ1) is 15.5. The third kappa shape index (κ3) is 3.80. The summed E-state index contributed by atoms with van der Waals surface area (Å²) in [6.45, 7) is 1.53. The maximum Gasteiger partial charge on any atom is 0.416 e. The molecule has 21 heavy (non-hydrogen) atoms. The molecule has 0 aromatic heterocycles. The van der Waals surface area contributed by atoms with E-state index in [1.807, 2.05) is 4.90 Å². The van der Waals surface area contributed by atoms with Gasteiger partial charge < -0.3 is 9.64 Å². The van der Waals surface area contributed by atoms with Gasteiger partial charge in [-0.15, -0.1) is 0 Å². The van der Waals surface area contributed by atoms with Gasteiger partial charge in [0.05, 0.1) is 24.0 Å². The largest absolute Gasteiger partial charge is 0.453 e. The van der Waals surface area contributed by atoms with Gasteiger partial charge in [0.2, 0.25) is 0 Å². The molecule has 7 heteroatoms. The van der Waals surface area contributed by atoms with Gasteiger partial charge in [-0.1, -0.05) is 0 Å². The van der Waals surface area contributed by atoms with Crippen LogP contribution in [0.4, 0.5) is 29.3 Å². The Kier molecular flexibility index (Phi) is 4.59. The number of nitrogens with zero attached hydrogens (tertiary/aromatic N) is 1. The number of anilines is 2. The van der Waals surface area contributed by atoms with Crippen LogP contribution in [0.25, 0.3) is 0 Å². The molecule has 1 fully saturated rings. The average Bonchev–Trinajstić information content (AvgIpc) is 2.47. The molecule has 0 aliphatic carbocycles. The predicted molar refractivity (Wildman–Crippen MR) is 73.5 cm³/mol. The molecule has 0 bridgehead atoms. The molecular weight excluding hydrogens is 285 g/mol. The van der Waals surface area contributed by atoms with Gasteiger partial charge >= 0.3 is 12.3 Å². The van der Waals surface area contributed by atoms with Crippen molar-refractivity contribution < 1.29 is 22.7 Å². The molecule has 1 aromatic rings. The summed E-state index contributed by atoms with van der Waals surface area (Å²) < 4.78 is 42.9. The number of amides is 1. The zero-order valence-electron chi connectivity index (χ0n) is 11.7. The van der Waals surface area contributed by atoms with Gasteiger partial charge in [0, 0.05) is 13.1 Å². The lowest BCUT2D eigenvalue weighted by molar-refractivity contribution is -0.137. The number of piperidine rings is 1. The smallest absolute Gasteiger partial charge is 0.416 e. The van der Waals surface area contributed by atoms with E-state index in [1.165, 1.54) is 13.2 Å². The van der Waals surface area contributed by atoms with Crippen molar-refractivity contribution in [1.29, 1.82) is 0 Å². The number of nitrogens with one attached hydrogen (secondary N) is 1. The zero-order valence-corrected chi connectivity index (χ0v) is 11.7. The van der Waals surface area contributed by atoms with E-state index < -0.39 is 17.8 Å². The fourth-order valence-electron chi connectivity index (χ4n) is 2.38. The molecule has 1 heterocycles. The highest BCUT2D eigenvalue weighted by atomic mass is 19.4. The Morgan fingerprint density at radius 1 is 1.24 bits per heavy atom. The highest BCUT2D eigenvalue weighted by Crippen LogP contribution is 2.36. The number of rotatable bonds is 2. The molecule has 1 amide bonds. The first-order valence-electron chi connectivity index (χ1n) is 6.73. The Morgan fingerprint density at radius 3 is 2.48 bits per heavy atom. The van der Waals surface area contributed by atoms with Crippen molar-refractivity contribution in [2.75, 3.05) is 30.4 Å². The van der Waals surface area contributed by atoms with Gasteiger partial charge in [-0.2, -0.15) is 13.2 Å². The van der Waals surface area contributed by atoms with Gasteiger partial charge in [0.15, 0.2) is 0 Å². The van der Waals surface area contributed by atoms with Crippen molar-refractivity contribution in [3.05, 3.63) is 23.8 Å². The normalized spacial score (nSPS) is 15.7. The molecule has 0 radical (unpaired) electrons. The van der Waals surface area contributed by atoms with E-state index in [2.05, 4.69) is 10.1 Å². The van der Waals surface area contributed by atoms with Crippen LogP contribution in [-0.2, 0) is 10.9 Å². The van der Waals surface area contributed by atoms with Gasteiger partial charge in [0.1, 0.15) is 0 Å². The second-order valence-electron chi connectivity index (χ2n) is 4.89. The Morgan fingerprint density at radius 2 is 1.90 bits per heavy atom. The summed E-state index contributed by atoms with van der Waals surface area (Å²) >= 11 is 0. The number of carbonyl (C=O) groups excluding carboxylic acids is 1. The Balaban J connectivity index is 2.35.